The average molecular weight is 221 g/mol. The third-order valence-corrected chi connectivity index (χ3v) is 2.69. The van der Waals surface area contributed by atoms with Crippen LogP contribution in [-0.2, 0) is 9.53 Å². The van der Waals surface area contributed by atoms with E-state index in [4.69, 9.17) is 0 Å². The standard InChI is InChI=1S/C9H13BF3O2/c1-15-9(14)6-8(10(11,12)13)7-4-2-3-5-7/h6-7H,2-5H2,1H3/q-1/b8-6+. The van der Waals surface area contributed by atoms with Crippen LogP contribution >= 0.6 is 0 Å². The molecule has 0 aromatic rings. The van der Waals surface area contributed by atoms with Gasteiger partial charge in [-0.1, -0.05) is 12.8 Å². The Morgan fingerprint density at radius 3 is 2.27 bits per heavy atom. The van der Waals surface area contributed by atoms with Crippen molar-refractivity contribution in [3.05, 3.63) is 11.5 Å². The van der Waals surface area contributed by atoms with E-state index in [1.807, 2.05) is 0 Å². The number of methoxy groups -OCH3 is 1. The second-order valence-electron chi connectivity index (χ2n) is 3.72. The van der Waals surface area contributed by atoms with Crippen molar-refractivity contribution >= 4 is 12.9 Å². The van der Waals surface area contributed by atoms with E-state index in [0.717, 1.165) is 20.0 Å². The highest BCUT2D eigenvalue weighted by atomic mass is 19.4. The fraction of sp³-hybridized carbons (Fsp3) is 0.667. The van der Waals surface area contributed by atoms with Crippen molar-refractivity contribution in [2.75, 3.05) is 7.11 Å². The first kappa shape index (κ1) is 12.1. The van der Waals surface area contributed by atoms with Crippen LogP contribution in [0.5, 0.6) is 0 Å². The fourth-order valence-electron chi connectivity index (χ4n) is 1.93. The summed E-state index contributed by atoms with van der Waals surface area (Å²) < 4.78 is 42.2. The van der Waals surface area contributed by atoms with E-state index in [1.165, 1.54) is 0 Å². The normalized spacial score (nSPS) is 19.3. The lowest BCUT2D eigenvalue weighted by molar-refractivity contribution is -0.134. The minimum atomic E-state index is -5.08. The Hall–Kier alpha value is -0.935. The first-order valence-electron chi connectivity index (χ1n) is 4.94. The van der Waals surface area contributed by atoms with Gasteiger partial charge < -0.3 is 17.7 Å². The van der Waals surface area contributed by atoms with Gasteiger partial charge in [0.15, 0.2) is 0 Å². The minimum absolute atomic E-state index is 0.510. The summed E-state index contributed by atoms with van der Waals surface area (Å²) in [5.74, 6) is -1.43. The number of carbonyl (C=O) groups excluding carboxylic acids is 1. The summed E-state index contributed by atoms with van der Waals surface area (Å²) in [6.45, 7) is -5.08. The zero-order chi connectivity index (χ0) is 11.5. The molecular formula is C9H13BF3O2-. The number of rotatable bonds is 3. The second kappa shape index (κ2) is 4.72. The largest absolute Gasteiger partial charge is 0.506 e. The van der Waals surface area contributed by atoms with Crippen LogP contribution in [-0.4, -0.2) is 20.1 Å². The van der Waals surface area contributed by atoms with E-state index in [0.29, 0.717) is 18.9 Å². The molecule has 0 radical (unpaired) electrons. The molecule has 0 aliphatic heterocycles. The van der Waals surface area contributed by atoms with Crippen molar-refractivity contribution in [2.24, 2.45) is 5.92 Å². The minimum Gasteiger partial charge on any atom is -0.466 e. The molecule has 0 atom stereocenters. The van der Waals surface area contributed by atoms with Crippen molar-refractivity contribution in [2.45, 2.75) is 25.7 Å². The number of allylic oxidation sites excluding steroid dienone is 1. The van der Waals surface area contributed by atoms with Crippen LogP contribution in [0.15, 0.2) is 11.5 Å². The molecule has 15 heavy (non-hydrogen) atoms. The van der Waals surface area contributed by atoms with Gasteiger partial charge in [-0.05, 0) is 24.8 Å². The molecule has 0 amide bonds. The number of esters is 1. The highest BCUT2D eigenvalue weighted by Crippen LogP contribution is 2.37. The van der Waals surface area contributed by atoms with Gasteiger partial charge in [0.2, 0.25) is 0 Å². The molecular weight excluding hydrogens is 208 g/mol. The zero-order valence-corrected chi connectivity index (χ0v) is 8.51. The van der Waals surface area contributed by atoms with E-state index in [1.54, 1.807) is 0 Å². The van der Waals surface area contributed by atoms with Crippen molar-refractivity contribution in [1.82, 2.24) is 0 Å². The Balaban J connectivity index is 2.87. The first-order chi connectivity index (χ1) is 6.95. The summed E-state index contributed by atoms with van der Waals surface area (Å²) in [5, 5.41) is 0. The van der Waals surface area contributed by atoms with Crippen molar-refractivity contribution < 1.29 is 22.5 Å². The van der Waals surface area contributed by atoms with Crippen LogP contribution in [0.1, 0.15) is 25.7 Å². The van der Waals surface area contributed by atoms with Gasteiger partial charge in [-0.2, -0.15) is 0 Å². The average Bonchev–Trinajstić information content (AvgIpc) is 2.64. The molecule has 0 aromatic carbocycles. The first-order valence-corrected chi connectivity index (χ1v) is 4.94. The monoisotopic (exact) mass is 221 g/mol. The van der Waals surface area contributed by atoms with E-state index in [-0.39, 0.29) is 0 Å². The maximum absolute atomic E-state index is 12.7. The molecule has 6 heteroatoms. The van der Waals surface area contributed by atoms with Crippen molar-refractivity contribution in [3.63, 3.8) is 0 Å². The third-order valence-electron chi connectivity index (χ3n) is 2.69. The lowest BCUT2D eigenvalue weighted by atomic mass is 9.70. The number of carbonyl (C=O) groups is 1. The van der Waals surface area contributed by atoms with Gasteiger partial charge in [-0.25, -0.2) is 4.79 Å². The van der Waals surface area contributed by atoms with E-state index >= 15 is 0 Å². The third kappa shape index (κ3) is 3.29. The van der Waals surface area contributed by atoms with Gasteiger partial charge in [-0.15, -0.1) is 5.47 Å². The molecule has 0 spiro atoms. The summed E-state index contributed by atoms with van der Waals surface area (Å²) in [6.07, 6.45) is 3.24. The van der Waals surface area contributed by atoms with E-state index in [9.17, 15) is 17.7 Å². The van der Waals surface area contributed by atoms with Gasteiger partial charge >= 0.3 is 12.9 Å². The smallest absolute Gasteiger partial charge is 0.466 e. The highest BCUT2D eigenvalue weighted by molar-refractivity contribution is 6.67. The van der Waals surface area contributed by atoms with Crippen molar-refractivity contribution in [3.8, 4) is 0 Å². The quantitative estimate of drug-likeness (QED) is 0.416. The lowest BCUT2D eigenvalue weighted by Gasteiger charge is -2.24. The Morgan fingerprint density at radius 2 is 1.87 bits per heavy atom. The Bertz CT molecular complexity index is 267. The van der Waals surface area contributed by atoms with Crippen molar-refractivity contribution in [1.29, 1.82) is 0 Å². The van der Waals surface area contributed by atoms with E-state index < -0.39 is 24.3 Å². The van der Waals surface area contributed by atoms with Crippen LogP contribution in [0.25, 0.3) is 0 Å². The van der Waals surface area contributed by atoms with Gasteiger partial charge in [0.1, 0.15) is 0 Å². The SMILES string of the molecule is COC(=O)/C=C(\C1CCCC1)[B-](F)(F)F. The van der Waals surface area contributed by atoms with Crippen LogP contribution in [0.3, 0.4) is 0 Å². The molecule has 0 N–H and O–H groups in total. The topological polar surface area (TPSA) is 26.3 Å². The summed E-state index contributed by atoms with van der Waals surface area (Å²) in [5.41, 5.74) is -0.681. The molecule has 0 bridgehead atoms. The molecule has 1 aliphatic rings. The second-order valence-corrected chi connectivity index (χ2v) is 3.72. The van der Waals surface area contributed by atoms with Gasteiger partial charge in [0, 0.05) is 0 Å². The maximum Gasteiger partial charge on any atom is 0.506 e. The fourth-order valence-corrected chi connectivity index (χ4v) is 1.93. The predicted molar refractivity (Wildman–Crippen MR) is 51.1 cm³/mol. The molecule has 0 heterocycles. The maximum atomic E-state index is 12.7. The number of halogens is 3. The Labute approximate surface area is 86.5 Å². The predicted octanol–water partition coefficient (Wildman–Crippen LogP) is 2.66. The summed E-state index contributed by atoms with van der Waals surface area (Å²) >= 11 is 0. The number of hydrogen-bond donors (Lipinski definition) is 0. The molecule has 1 fully saturated rings. The molecule has 0 aromatic heterocycles. The molecule has 1 saturated carbocycles. The molecule has 0 saturated heterocycles. The van der Waals surface area contributed by atoms with Gasteiger partial charge in [0.25, 0.3) is 0 Å². The van der Waals surface area contributed by atoms with Gasteiger partial charge in [0.05, 0.1) is 7.11 Å². The molecule has 2 nitrogen and oxygen atoms in total. The summed E-state index contributed by atoms with van der Waals surface area (Å²) in [4.78, 5) is 10.8. The van der Waals surface area contributed by atoms with E-state index in [2.05, 4.69) is 4.74 Å². The lowest BCUT2D eigenvalue weighted by Crippen LogP contribution is -2.26. The van der Waals surface area contributed by atoms with Gasteiger partial charge in [-0.3, -0.25) is 0 Å². The van der Waals surface area contributed by atoms with Crippen LogP contribution in [0, 0.1) is 5.92 Å². The highest BCUT2D eigenvalue weighted by Gasteiger charge is 2.35. The molecule has 0 unspecified atom stereocenters. The van der Waals surface area contributed by atoms with Crippen LogP contribution < -0.4 is 0 Å². The number of ether oxygens (including phenoxy) is 1. The Morgan fingerprint density at radius 1 is 1.33 bits per heavy atom. The summed E-state index contributed by atoms with van der Waals surface area (Å²) in [7, 11) is 1.08. The zero-order valence-electron chi connectivity index (χ0n) is 8.51. The molecule has 86 valence electrons. The number of hydrogen-bond acceptors (Lipinski definition) is 2. The molecule has 1 aliphatic carbocycles. The van der Waals surface area contributed by atoms with Crippen LogP contribution in [0.4, 0.5) is 12.9 Å². The summed E-state index contributed by atoms with van der Waals surface area (Å²) in [6, 6.07) is 0. The van der Waals surface area contributed by atoms with Crippen LogP contribution in [0.2, 0.25) is 0 Å². The molecule has 1 rings (SSSR count). The Kier molecular flexibility index (Phi) is 3.82.